The number of aromatic hydroxyl groups is 2. The van der Waals surface area contributed by atoms with Crippen molar-refractivity contribution in [2.24, 2.45) is 10.7 Å². The van der Waals surface area contributed by atoms with Gasteiger partial charge in [-0.3, -0.25) is 14.7 Å². The maximum atomic E-state index is 13.2. The number of phenolic OH excluding ortho intramolecular Hbond substituents is 2. The van der Waals surface area contributed by atoms with Gasteiger partial charge in [0, 0.05) is 31.4 Å². The van der Waals surface area contributed by atoms with E-state index in [1.165, 1.54) is 27.4 Å². The molecule has 0 bridgehead atoms. The number of aliphatic imine (C=N–C) groups is 1. The van der Waals surface area contributed by atoms with Gasteiger partial charge >= 0.3 is 6.03 Å². The molecule has 5 N–H and O–H groups in total. The third-order valence-electron chi connectivity index (χ3n) is 7.18. The van der Waals surface area contributed by atoms with Gasteiger partial charge in [-0.05, 0) is 80.1 Å². The smallest absolute Gasteiger partial charge is 0.318 e. The summed E-state index contributed by atoms with van der Waals surface area (Å²) >= 11 is 0. The predicted octanol–water partition coefficient (Wildman–Crippen LogP) is 1.51. The minimum Gasteiger partial charge on any atom is -0.504 e. The molecule has 2 heterocycles. The first-order chi connectivity index (χ1) is 17.3. The zero-order chi connectivity index (χ0) is 27.1. The second-order valence-electron chi connectivity index (χ2n) is 9.57. The van der Waals surface area contributed by atoms with Crippen LogP contribution >= 0.6 is 0 Å². The van der Waals surface area contributed by atoms with E-state index in [-0.39, 0.29) is 54.9 Å². The summed E-state index contributed by atoms with van der Waals surface area (Å²) in [4.78, 5) is 30.2. The van der Waals surface area contributed by atoms with Gasteiger partial charge < -0.3 is 21.3 Å². The number of nitrogens with zero attached hydrogens (tertiary/aromatic N) is 3. The minimum absolute atomic E-state index is 0.0831. The van der Waals surface area contributed by atoms with Gasteiger partial charge in [-0.15, -0.1) is 0 Å². The van der Waals surface area contributed by atoms with Crippen LogP contribution in [0.15, 0.2) is 35.3 Å². The molecule has 11 nitrogen and oxygen atoms in total. The highest BCUT2D eigenvalue weighted by Crippen LogP contribution is 2.34. The average molecular weight is 530 g/mol. The number of aryl methyl sites for hydroxylation is 2. The van der Waals surface area contributed by atoms with Crippen LogP contribution < -0.4 is 16.0 Å². The number of carbonyl (C=O) groups is 2. The van der Waals surface area contributed by atoms with E-state index in [2.05, 4.69) is 10.3 Å². The van der Waals surface area contributed by atoms with Crippen molar-refractivity contribution < 1.29 is 28.2 Å². The van der Waals surface area contributed by atoms with E-state index >= 15 is 0 Å². The van der Waals surface area contributed by atoms with Gasteiger partial charge in [0.15, 0.2) is 11.5 Å². The fourth-order valence-electron chi connectivity index (χ4n) is 4.84. The lowest BCUT2D eigenvalue weighted by atomic mass is 9.89. The Morgan fingerprint density at radius 2 is 1.76 bits per heavy atom. The molecule has 0 saturated carbocycles. The van der Waals surface area contributed by atoms with Crippen LogP contribution in [-0.2, 0) is 21.2 Å². The van der Waals surface area contributed by atoms with E-state index in [4.69, 9.17) is 5.73 Å². The number of hydrogen-bond donors (Lipinski definition) is 4. The molecule has 0 radical (unpaired) electrons. The highest BCUT2D eigenvalue weighted by atomic mass is 32.2. The number of nitrogens with two attached hydrogens (primary N) is 1. The Kier molecular flexibility index (Phi) is 6.91. The maximum absolute atomic E-state index is 13.2. The molecule has 1 saturated heterocycles. The Labute approximate surface area is 215 Å². The molecule has 2 aromatic rings. The molecule has 198 valence electrons. The number of hydrogen-bond acceptors (Lipinski definition) is 7. The van der Waals surface area contributed by atoms with Crippen molar-refractivity contribution in [3.63, 3.8) is 0 Å². The summed E-state index contributed by atoms with van der Waals surface area (Å²) in [5.41, 5.74) is 8.04. The Morgan fingerprint density at radius 1 is 1.14 bits per heavy atom. The number of amides is 3. The molecule has 2 aliphatic heterocycles. The number of urea groups is 1. The van der Waals surface area contributed by atoms with Gasteiger partial charge in [0.2, 0.25) is 10.0 Å². The topological polar surface area (TPSA) is 166 Å². The van der Waals surface area contributed by atoms with Crippen LogP contribution in [-0.4, -0.2) is 72.1 Å². The minimum atomic E-state index is -3.59. The standard InChI is InChI=1S/C25H31N5O6S/c1-15-12-18(29(3)24(26)34)13-16(2)19(15)6-11-37(35,36)30-9-7-25(8-10-30)23(33)27-22(28-25)17-4-5-20(31)21(32)14-17/h4-5,12-14,31-32H,6-11H2,1-3H3,(H2,26,34)(H,27,28,33). The molecule has 2 aliphatic rings. The first-order valence-electron chi connectivity index (χ1n) is 11.9. The van der Waals surface area contributed by atoms with E-state index in [1.54, 1.807) is 7.05 Å². The van der Waals surface area contributed by atoms with Gasteiger partial charge in [-0.1, -0.05) is 0 Å². The Morgan fingerprint density at radius 3 is 2.32 bits per heavy atom. The third-order valence-corrected chi connectivity index (χ3v) is 9.05. The summed E-state index contributed by atoms with van der Waals surface area (Å²) in [7, 11) is -2.01. The zero-order valence-corrected chi connectivity index (χ0v) is 21.8. The number of amidine groups is 1. The highest BCUT2D eigenvalue weighted by molar-refractivity contribution is 7.89. The van der Waals surface area contributed by atoms with E-state index in [9.17, 15) is 28.2 Å². The summed E-state index contributed by atoms with van der Waals surface area (Å²) in [6, 6.07) is 7.21. The molecule has 2 aromatic carbocycles. The lowest BCUT2D eigenvalue weighted by Crippen LogP contribution is -2.50. The van der Waals surface area contributed by atoms with E-state index in [0.29, 0.717) is 17.7 Å². The number of sulfonamides is 1. The second kappa shape index (κ2) is 9.67. The molecule has 1 fully saturated rings. The Balaban J connectivity index is 1.43. The van der Waals surface area contributed by atoms with Crippen LogP contribution in [0.5, 0.6) is 11.5 Å². The number of anilines is 1. The number of nitrogens with one attached hydrogen (secondary N) is 1. The van der Waals surface area contributed by atoms with Crippen LogP contribution in [0, 0.1) is 13.8 Å². The number of primary amides is 1. The van der Waals surface area contributed by atoms with Crippen molar-refractivity contribution in [2.75, 3.05) is 30.8 Å². The van der Waals surface area contributed by atoms with Crippen molar-refractivity contribution in [1.82, 2.24) is 9.62 Å². The summed E-state index contributed by atoms with van der Waals surface area (Å²) in [6.45, 7) is 4.07. The molecule has 3 amide bonds. The molecule has 12 heteroatoms. The Bertz CT molecular complexity index is 1370. The fraction of sp³-hybridized carbons (Fsp3) is 0.400. The lowest BCUT2D eigenvalue weighted by molar-refractivity contribution is -0.124. The predicted molar refractivity (Wildman–Crippen MR) is 139 cm³/mol. The lowest BCUT2D eigenvalue weighted by Gasteiger charge is -2.34. The average Bonchev–Trinajstić information content (AvgIpc) is 3.15. The van der Waals surface area contributed by atoms with Crippen molar-refractivity contribution in [1.29, 1.82) is 0 Å². The number of rotatable bonds is 6. The molecule has 1 spiro atoms. The monoisotopic (exact) mass is 529 g/mol. The molecular weight excluding hydrogens is 498 g/mol. The van der Waals surface area contributed by atoms with Crippen LogP contribution in [0.1, 0.15) is 35.1 Å². The molecule has 0 unspecified atom stereocenters. The first kappa shape index (κ1) is 26.4. The first-order valence-corrected chi connectivity index (χ1v) is 13.5. The normalized spacial score (nSPS) is 17.5. The van der Waals surface area contributed by atoms with Crippen molar-refractivity contribution in [3.8, 4) is 11.5 Å². The molecule has 0 aliphatic carbocycles. The van der Waals surface area contributed by atoms with Crippen molar-refractivity contribution in [3.05, 3.63) is 52.6 Å². The van der Waals surface area contributed by atoms with Gasteiger partial charge in [-0.25, -0.2) is 17.5 Å². The highest BCUT2D eigenvalue weighted by Gasteiger charge is 2.47. The molecule has 0 atom stereocenters. The molecule has 37 heavy (non-hydrogen) atoms. The van der Waals surface area contributed by atoms with Gasteiger partial charge in [0.05, 0.1) is 5.75 Å². The number of carbonyl (C=O) groups excluding carboxylic acids is 2. The maximum Gasteiger partial charge on any atom is 0.318 e. The third kappa shape index (κ3) is 5.12. The molecular formula is C25H31N5O6S. The summed E-state index contributed by atoms with van der Waals surface area (Å²) in [6.07, 6.45) is 0.783. The van der Waals surface area contributed by atoms with Gasteiger partial charge in [-0.2, -0.15) is 0 Å². The number of piperidine rings is 1. The van der Waals surface area contributed by atoms with E-state index in [1.807, 2.05) is 26.0 Å². The van der Waals surface area contributed by atoms with E-state index in [0.717, 1.165) is 16.7 Å². The molecule has 4 rings (SSSR count). The second-order valence-corrected chi connectivity index (χ2v) is 11.7. The Hall–Kier alpha value is -3.64. The van der Waals surface area contributed by atoms with Gasteiger partial charge in [0.1, 0.15) is 11.4 Å². The quantitative estimate of drug-likeness (QED) is 0.414. The number of benzene rings is 2. The fourth-order valence-corrected chi connectivity index (χ4v) is 6.30. The van der Waals surface area contributed by atoms with Crippen molar-refractivity contribution >= 4 is 33.5 Å². The van der Waals surface area contributed by atoms with Crippen LogP contribution in [0.25, 0.3) is 0 Å². The van der Waals surface area contributed by atoms with Crippen molar-refractivity contribution in [2.45, 2.75) is 38.6 Å². The number of phenols is 2. The van der Waals surface area contributed by atoms with Crippen LogP contribution in [0.4, 0.5) is 10.5 Å². The SMILES string of the molecule is Cc1cc(N(C)C(N)=O)cc(C)c1CCS(=O)(=O)N1CCC2(CC1)N=C(c1ccc(O)c(O)c1)NC2=O. The summed E-state index contributed by atoms with van der Waals surface area (Å²) in [5.74, 6) is -0.704. The largest absolute Gasteiger partial charge is 0.504 e. The summed E-state index contributed by atoms with van der Waals surface area (Å²) < 4.78 is 27.7. The zero-order valence-electron chi connectivity index (χ0n) is 21.0. The molecule has 0 aromatic heterocycles. The van der Waals surface area contributed by atoms with Crippen LogP contribution in [0.3, 0.4) is 0 Å². The summed E-state index contributed by atoms with van der Waals surface area (Å²) in [5, 5.41) is 22.0. The van der Waals surface area contributed by atoms with Gasteiger partial charge in [0.25, 0.3) is 5.91 Å². The van der Waals surface area contributed by atoms with Crippen LogP contribution in [0.2, 0.25) is 0 Å². The van der Waals surface area contributed by atoms with E-state index < -0.39 is 21.6 Å².